The van der Waals surface area contributed by atoms with Crippen LogP contribution in [0.4, 0.5) is 15.9 Å². The number of likely N-dealkylation sites (tertiary alicyclic amines) is 1. The number of amides is 1. The Bertz CT molecular complexity index is 1070. The molecule has 2 aliphatic heterocycles. The molecule has 2 N–H and O–H groups in total. The molecule has 2 atom stereocenters. The number of anilines is 2. The van der Waals surface area contributed by atoms with E-state index in [-0.39, 0.29) is 23.2 Å². The van der Waals surface area contributed by atoms with Gasteiger partial charge in [-0.2, -0.15) is 0 Å². The van der Waals surface area contributed by atoms with Crippen LogP contribution in [-0.4, -0.2) is 46.5 Å². The maximum atomic E-state index is 13.7. The van der Waals surface area contributed by atoms with E-state index in [0.717, 1.165) is 29.8 Å². The molecule has 0 bridgehead atoms. The first-order valence-corrected chi connectivity index (χ1v) is 9.43. The average molecular weight is 377 g/mol. The molecule has 2 aliphatic rings. The van der Waals surface area contributed by atoms with E-state index >= 15 is 0 Å². The summed E-state index contributed by atoms with van der Waals surface area (Å²) in [6, 6.07) is 12.4. The zero-order chi connectivity index (χ0) is 19.3. The summed E-state index contributed by atoms with van der Waals surface area (Å²) in [4.78, 5) is 26.1. The Hall–Kier alpha value is -3.22. The number of carbonyl (C=O) groups is 1. The Morgan fingerprint density at radius 1 is 1.11 bits per heavy atom. The number of para-hydroxylation sites is 3. The van der Waals surface area contributed by atoms with Crippen molar-refractivity contribution >= 4 is 28.4 Å². The predicted octanol–water partition coefficient (Wildman–Crippen LogP) is 2.70. The highest BCUT2D eigenvalue weighted by Crippen LogP contribution is 2.36. The lowest BCUT2D eigenvalue weighted by atomic mass is 9.82. The molecule has 0 saturated carbocycles. The van der Waals surface area contributed by atoms with Crippen molar-refractivity contribution in [2.45, 2.75) is 12.5 Å². The van der Waals surface area contributed by atoms with E-state index in [4.69, 9.17) is 10.7 Å². The van der Waals surface area contributed by atoms with Crippen LogP contribution in [0.25, 0.3) is 11.0 Å². The number of halogens is 1. The zero-order valence-corrected chi connectivity index (χ0v) is 15.3. The first-order chi connectivity index (χ1) is 13.6. The van der Waals surface area contributed by atoms with Gasteiger partial charge in [-0.05, 0) is 30.7 Å². The van der Waals surface area contributed by atoms with Crippen molar-refractivity contribution in [3.8, 4) is 0 Å². The quantitative estimate of drug-likeness (QED) is 0.695. The number of rotatable bonds is 2. The lowest BCUT2D eigenvalue weighted by molar-refractivity contribution is 0.0592. The van der Waals surface area contributed by atoms with Gasteiger partial charge >= 0.3 is 0 Å². The molecule has 28 heavy (non-hydrogen) atoms. The van der Waals surface area contributed by atoms with Crippen molar-refractivity contribution in [1.29, 1.82) is 0 Å². The summed E-state index contributed by atoms with van der Waals surface area (Å²) >= 11 is 0. The number of nitrogens with zero attached hydrogens (tertiary/aromatic N) is 4. The Balaban J connectivity index is 1.37. The number of nitrogen functional groups attached to an aromatic ring is 1. The van der Waals surface area contributed by atoms with Gasteiger partial charge in [-0.15, -0.1) is 0 Å². The molecule has 0 aliphatic carbocycles. The summed E-state index contributed by atoms with van der Waals surface area (Å²) < 4.78 is 13.7. The number of fused-ring (bicyclic) bond motifs is 2. The molecular formula is C21H20FN5O. The molecule has 5 rings (SSSR count). The van der Waals surface area contributed by atoms with Gasteiger partial charge in [0.1, 0.15) is 11.6 Å². The van der Waals surface area contributed by atoms with Crippen LogP contribution < -0.4 is 10.6 Å². The highest BCUT2D eigenvalue weighted by molar-refractivity contribution is 5.99. The molecule has 0 spiro atoms. The molecule has 6 nitrogen and oxygen atoms in total. The Kier molecular flexibility index (Phi) is 3.89. The minimum atomic E-state index is -0.558. The maximum Gasteiger partial charge on any atom is 0.256 e. The van der Waals surface area contributed by atoms with E-state index in [1.165, 1.54) is 12.1 Å². The van der Waals surface area contributed by atoms with E-state index in [0.29, 0.717) is 19.0 Å². The van der Waals surface area contributed by atoms with E-state index in [2.05, 4.69) is 9.88 Å². The lowest BCUT2D eigenvalue weighted by Gasteiger charge is -2.53. The van der Waals surface area contributed by atoms with Crippen molar-refractivity contribution in [3.63, 3.8) is 0 Å². The second kappa shape index (κ2) is 6.44. The van der Waals surface area contributed by atoms with Gasteiger partial charge < -0.3 is 15.5 Å². The third-order valence-electron chi connectivity index (χ3n) is 5.85. The van der Waals surface area contributed by atoms with Gasteiger partial charge in [-0.25, -0.2) is 9.37 Å². The van der Waals surface area contributed by atoms with Crippen molar-refractivity contribution in [2.24, 2.45) is 5.92 Å². The average Bonchev–Trinajstić information content (AvgIpc) is 2.70. The summed E-state index contributed by atoms with van der Waals surface area (Å²) in [7, 11) is 0. The van der Waals surface area contributed by atoms with Gasteiger partial charge in [0.25, 0.3) is 5.91 Å². The normalized spacial score (nSPS) is 21.3. The number of hydrogen-bond acceptors (Lipinski definition) is 5. The molecule has 3 heterocycles. The van der Waals surface area contributed by atoms with E-state index in [1.54, 1.807) is 17.2 Å². The van der Waals surface area contributed by atoms with Crippen LogP contribution in [0.15, 0.2) is 48.7 Å². The standard InChI is InChI=1S/C21H20FN5O/c22-15-5-3-4-14(20(15)23)21(28)26-9-8-13-11-27(18(13)12-26)19-10-24-16-6-1-2-7-17(16)25-19/h1-7,10,13,18H,8-9,11-12,23H2/t13-,18-/m0/s1. The summed E-state index contributed by atoms with van der Waals surface area (Å²) in [5.41, 5.74) is 7.66. The second-order valence-electron chi connectivity index (χ2n) is 7.44. The molecule has 1 aromatic heterocycles. The Morgan fingerprint density at radius 2 is 1.93 bits per heavy atom. The van der Waals surface area contributed by atoms with Gasteiger partial charge in [-0.3, -0.25) is 9.78 Å². The molecule has 2 saturated heterocycles. The molecule has 0 unspecified atom stereocenters. The molecule has 0 radical (unpaired) electrons. The second-order valence-corrected chi connectivity index (χ2v) is 7.44. The van der Waals surface area contributed by atoms with Crippen LogP contribution in [0, 0.1) is 11.7 Å². The van der Waals surface area contributed by atoms with Crippen molar-refractivity contribution in [1.82, 2.24) is 14.9 Å². The smallest absolute Gasteiger partial charge is 0.256 e. The fraction of sp³-hybridized carbons (Fsp3) is 0.286. The molecule has 142 valence electrons. The Labute approximate surface area is 161 Å². The highest BCUT2D eigenvalue weighted by atomic mass is 19.1. The molecule has 1 amide bonds. The van der Waals surface area contributed by atoms with Crippen LogP contribution >= 0.6 is 0 Å². The van der Waals surface area contributed by atoms with Crippen LogP contribution in [0.5, 0.6) is 0 Å². The maximum absolute atomic E-state index is 13.7. The molecule has 7 heteroatoms. The lowest BCUT2D eigenvalue weighted by Crippen LogP contribution is -2.65. The van der Waals surface area contributed by atoms with Gasteiger partial charge in [0.05, 0.1) is 34.5 Å². The number of benzene rings is 2. The summed E-state index contributed by atoms with van der Waals surface area (Å²) in [5, 5.41) is 0. The van der Waals surface area contributed by atoms with Gasteiger partial charge in [0.15, 0.2) is 0 Å². The molecule has 2 fully saturated rings. The summed E-state index contributed by atoms with van der Waals surface area (Å²) in [6.45, 7) is 2.16. The first-order valence-electron chi connectivity index (χ1n) is 9.43. The number of carbonyl (C=O) groups excluding carboxylic acids is 1. The van der Waals surface area contributed by atoms with Crippen molar-refractivity contribution < 1.29 is 9.18 Å². The highest BCUT2D eigenvalue weighted by Gasteiger charge is 2.44. The zero-order valence-electron chi connectivity index (χ0n) is 15.3. The van der Waals surface area contributed by atoms with Gasteiger partial charge in [0, 0.05) is 25.6 Å². The third-order valence-corrected chi connectivity index (χ3v) is 5.85. The fourth-order valence-electron chi connectivity index (χ4n) is 4.22. The van der Waals surface area contributed by atoms with Gasteiger partial charge in [-0.1, -0.05) is 18.2 Å². The monoisotopic (exact) mass is 377 g/mol. The number of hydrogen-bond donors (Lipinski definition) is 1. The van der Waals surface area contributed by atoms with Crippen LogP contribution in [0.2, 0.25) is 0 Å². The summed E-state index contributed by atoms with van der Waals surface area (Å²) in [5.74, 6) is 0.589. The van der Waals surface area contributed by atoms with Gasteiger partial charge in [0.2, 0.25) is 0 Å². The topological polar surface area (TPSA) is 75.4 Å². The van der Waals surface area contributed by atoms with Crippen LogP contribution in [0.3, 0.4) is 0 Å². The SMILES string of the molecule is Nc1c(F)cccc1C(=O)N1CC[C@H]2CN(c3cnc4ccccc4n3)[C@H]2C1. The van der Waals surface area contributed by atoms with E-state index in [1.807, 2.05) is 24.3 Å². The summed E-state index contributed by atoms with van der Waals surface area (Å²) in [6.07, 6.45) is 2.72. The third kappa shape index (κ3) is 2.66. The largest absolute Gasteiger partial charge is 0.396 e. The fourth-order valence-corrected chi connectivity index (χ4v) is 4.22. The van der Waals surface area contributed by atoms with E-state index in [9.17, 15) is 9.18 Å². The number of nitrogens with two attached hydrogens (primary N) is 1. The van der Waals surface area contributed by atoms with Crippen molar-refractivity contribution in [3.05, 3.63) is 60.0 Å². The number of aromatic nitrogens is 2. The minimum absolute atomic E-state index is 0.0829. The first kappa shape index (κ1) is 16.9. The Morgan fingerprint density at radius 3 is 2.79 bits per heavy atom. The van der Waals surface area contributed by atoms with E-state index < -0.39 is 5.82 Å². The van der Waals surface area contributed by atoms with Crippen molar-refractivity contribution in [2.75, 3.05) is 30.3 Å². The van der Waals surface area contributed by atoms with Crippen LogP contribution in [0.1, 0.15) is 16.8 Å². The molecule has 3 aromatic rings. The molecule has 2 aromatic carbocycles. The molecular weight excluding hydrogens is 357 g/mol. The van der Waals surface area contributed by atoms with Crippen LogP contribution in [-0.2, 0) is 0 Å². The predicted molar refractivity (Wildman–Crippen MR) is 105 cm³/mol. The number of piperidine rings is 1. The minimum Gasteiger partial charge on any atom is -0.396 e.